The van der Waals surface area contributed by atoms with Crippen molar-refractivity contribution in [3.63, 3.8) is 0 Å². The Labute approximate surface area is 106 Å². The van der Waals surface area contributed by atoms with Gasteiger partial charge in [-0.25, -0.2) is 0 Å². The molecule has 17 heavy (non-hydrogen) atoms. The lowest BCUT2D eigenvalue weighted by atomic mass is 10.1. The molecular weight excluding hydrogens is 258 g/mol. The predicted octanol–water partition coefficient (Wildman–Crippen LogP) is 3.63. The Bertz CT molecular complexity index is 642. The van der Waals surface area contributed by atoms with E-state index in [-0.39, 0.29) is 0 Å². The summed E-state index contributed by atoms with van der Waals surface area (Å²) in [6.07, 6.45) is 1.53. The van der Waals surface area contributed by atoms with Crippen molar-refractivity contribution in [3.8, 4) is 21.7 Å². The van der Waals surface area contributed by atoms with E-state index in [1.54, 1.807) is 17.4 Å². The Kier molecular flexibility index (Phi) is 2.42. The van der Waals surface area contributed by atoms with Crippen LogP contribution < -0.4 is 5.73 Å². The van der Waals surface area contributed by atoms with Crippen molar-refractivity contribution < 1.29 is 4.42 Å². The van der Waals surface area contributed by atoms with E-state index < -0.39 is 0 Å². The van der Waals surface area contributed by atoms with Gasteiger partial charge in [-0.1, -0.05) is 6.07 Å². The van der Waals surface area contributed by atoms with Gasteiger partial charge in [0.15, 0.2) is 5.82 Å². The van der Waals surface area contributed by atoms with Crippen LogP contribution in [0, 0.1) is 0 Å². The average Bonchev–Trinajstić information content (AvgIpc) is 2.98. The van der Waals surface area contributed by atoms with Crippen molar-refractivity contribution in [1.29, 1.82) is 0 Å². The molecule has 0 spiro atoms. The number of hydrogen-bond acceptors (Lipinski definition) is 4. The van der Waals surface area contributed by atoms with Crippen molar-refractivity contribution in [2.45, 2.75) is 0 Å². The Balaban J connectivity index is 2.23. The maximum absolute atomic E-state index is 5.97. The van der Waals surface area contributed by atoms with Crippen LogP contribution in [0.3, 0.4) is 0 Å². The van der Waals surface area contributed by atoms with Gasteiger partial charge in [0.25, 0.3) is 0 Å². The lowest BCUT2D eigenvalue weighted by Gasteiger charge is -1.99. The minimum absolute atomic E-state index is 0.325. The third kappa shape index (κ3) is 1.64. The number of hydrogen-bond donors (Lipinski definition) is 2. The Morgan fingerprint density at radius 3 is 2.94 bits per heavy atom. The first-order valence-corrected chi connectivity index (χ1v) is 6.14. The van der Waals surface area contributed by atoms with Crippen LogP contribution in [0.15, 0.2) is 34.3 Å². The summed E-state index contributed by atoms with van der Waals surface area (Å²) in [6, 6.07) is 5.74. The largest absolute Gasteiger partial charge is 0.452 e. The lowest BCUT2D eigenvalue weighted by Crippen LogP contribution is -1.86. The average molecular weight is 266 g/mol. The fourth-order valence-corrected chi connectivity index (χ4v) is 2.69. The Hall–Kier alpha value is -1.72. The van der Waals surface area contributed by atoms with Gasteiger partial charge in [0.2, 0.25) is 5.22 Å². The van der Waals surface area contributed by atoms with Crippen LogP contribution in [0.2, 0.25) is 5.22 Å². The monoisotopic (exact) mass is 265 g/mol. The summed E-state index contributed by atoms with van der Waals surface area (Å²) >= 11 is 7.56. The quantitative estimate of drug-likeness (QED) is 0.743. The second kappa shape index (κ2) is 3.94. The second-order valence-electron chi connectivity index (χ2n) is 3.44. The molecule has 0 bridgehead atoms. The number of nitrogen functional groups attached to an aromatic ring is 1. The highest BCUT2D eigenvalue weighted by atomic mass is 35.5. The number of nitrogens with two attached hydrogens (primary N) is 1. The smallest absolute Gasteiger partial charge is 0.202 e. The van der Waals surface area contributed by atoms with Gasteiger partial charge < -0.3 is 10.2 Å². The molecule has 0 radical (unpaired) electrons. The zero-order chi connectivity index (χ0) is 11.8. The van der Waals surface area contributed by atoms with Crippen molar-refractivity contribution in [3.05, 3.63) is 35.1 Å². The SMILES string of the molecule is Nc1n[nH]c(-c2ccoc2Cl)c1-c1cccs1. The molecule has 0 aromatic carbocycles. The van der Waals surface area contributed by atoms with E-state index >= 15 is 0 Å². The number of anilines is 1. The van der Waals surface area contributed by atoms with Crippen LogP contribution in [-0.4, -0.2) is 10.2 Å². The summed E-state index contributed by atoms with van der Waals surface area (Å²) in [4.78, 5) is 1.04. The van der Waals surface area contributed by atoms with Crippen LogP contribution in [-0.2, 0) is 0 Å². The normalized spacial score (nSPS) is 10.9. The molecule has 3 rings (SSSR count). The summed E-state index contributed by atoms with van der Waals surface area (Å²) in [6.45, 7) is 0. The molecule has 3 heterocycles. The highest BCUT2D eigenvalue weighted by Gasteiger charge is 2.18. The number of nitrogens with one attached hydrogen (secondary N) is 1. The zero-order valence-corrected chi connectivity index (χ0v) is 10.2. The lowest BCUT2D eigenvalue weighted by molar-refractivity contribution is 0.570. The van der Waals surface area contributed by atoms with Crippen molar-refractivity contribution in [1.82, 2.24) is 10.2 Å². The molecule has 0 fully saturated rings. The Morgan fingerprint density at radius 1 is 1.41 bits per heavy atom. The highest BCUT2D eigenvalue weighted by molar-refractivity contribution is 7.13. The number of nitrogens with zero attached hydrogens (tertiary/aromatic N) is 1. The second-order valence-corrected chi connectivity index (χ2v) is 4.74. The molecule has 0 aliphatic heterocycles. The number of aromatic nitrogens is 2. The molecule has 6 heteroatoms. The topological polar surface area (TPSA) is 67.8 Å². The molecule has 86 valence electrons. The van der Waals surface area contributed by atoms with Gasteiger partial charge in [-0.2, -0.15) is 5.10 Å². The third-order valence-corrected chi connectivity index (χ3v) is 3.63. The zero-order valence-electron chi connectivity index (χ0n) is 8.61. The summed E-state index contributed by atoms with van der Waals surface area (Å²) in [5, 5.41) is 9.24. The molecule has 0 unspecified atom stereocenters. The van der Waals surface area contributed by atoms with Gasteiger partial charge in [-0.05, 0) is 29.1 Å². The molecule has 3 N–H and O–H groups in total. The van der Waals surface area contributed by atoms with Crippen molar-refractivity contribution >= 4 is 28.8 Å². The van der Waals surface area contributed by atoms with Crippen LogP contribution >= 0.6 is 22.9 Å². The fourth-order valence-electron chi connectivity index (χ4n) is 1.69. The number of aromatic amines is 1. The van der Waals surface area contributed by atoms with E-state index in [4.69, 9.17) is 21.8 Å². The Morgan fingerprint density at radius 2 is 2.29 bits per heavy atom. The van der Waals surface area contributed by atoms with E-state index in [1.807, 2.05) is 17.5 Å². The molecule has 0 aliphatic carbocycles. The van der Waals surface area contributed by atoms with Gasteiger partial charge in [0.05, 0.1) is 23.1 Å². The summed E-state index contributed by atoms with van der Waals surface area (Å²) in [7, 11) is 0. The fraction of sp³-hybridized carbons (Fsp3) is 0. The molecule has 0 saturated heterocycles. The maximum atomic E-state index is 5.97. The number of H-pyrrole nitrogens is 1. The highest BCUT2D eigenvalue weighted by Crippen LogP contribution is 2.39. The number of thiophene rings is 1. The third-order valence-electron chi connectivity index (χ3n) is 2.45. The first-order valence-electron chi connectivity index (χ1n) is 4.88. The molecule has 3 aromatic rings. The molecule has 0 amide bonds. The van der Waals surface area contributed by atoms with Crippen molar-refractivity contribution in [2.24, 2.45) is 0 Å². The van der Waals surface area contributed by atoms with E-state index in [2.05, 4.69) is 10.2 Å². The number of rotatable bonds is 2. The minimum Gasteiger partial charge on any atom is -0.452 e. The maximum Gasteiger partial charge on any atom is 0.202 e. The van der Waals surface area contributed by atoms with Gasteiger partial charge in [0, 0.05) is 4.88 Å². The summed E-state index contributed by atoms with van der Waals surface area (Å²) < 4.78 is 5.08. The molecule has 3 aromatic heterocycles. The van der Waals surface area contributed by atoms with Crippen LogP contribution in [0.25, 0.3) is 21.7 Å². The summed E-state index contributed by atoms with van der Waals surface area (Å²) in [5.41, 5.74) is 8.29. The van der Waals surface area contributed by atoms with E-state index in [9.17, 15) is 0 Å². The van der Waals surface area contributed by atoms with Gasteiger partial charge in [-0.3, -0.25) is 5.10 Å². The first-order chi connectivity index (χ1) is 8.27. The number of halogens is 1. The van der Waals surface area contributed by atoms with Crippen LogP contribution in [0.1, 0.15) is 0 Å². The van der Waals surface area contributed by atoms with E-state index in [0.29, 0.717) is 11.0 Å². The van der Waals surface area contributed by atoms with E-state index in [0.717, 1.165) is 21.7 Å². The predicted molar refractivity (Wildman–Crippen MR) is 69.0 cm³/mol. The van der Waals surface area contributed by atoms with Gasteiger partial charge in [0.1, 0.15) is 0 Å². The molecule has 0 saturated carbocycles. The van der Waals surface area contributed by atoms with E-state index in [1.165, 1.54) is 6.26 Å². The molecule has 4 nitrogen and oxygen atoms in total. The van der Waals surface area contributed by atoms with Crippen molar-refractivity contribution in [2.75, 3.05) is 5.73 Å². The molecule has 0 atom stereocenters. The standard InChI is InChI=1S/C11H8ClN3OS/c12-10-6(3-4-16-10)9-8(11(13)15-14-9)7-2-1-5-17-7/h1-5H,(H3,13,14,15). The van der Waals surface area contributed by atoms with Crippen LogP contribution in [0.4, 0.5) is 5.82 Å². The molecular formula is C11H8ClN3OS. The number of furan rings is 1. The summed E-state index contributed by atoms with van der Waals surface area (Å²) in [5.74, 6) is 0.458. The van der Waals surface area contributed by atoms with Gasteiger partial charge in [-0.15, -0.1) is 11.3 Å². The minimum atomic E-state index is 0.325. The van der Waals surface area contributed by atoms with Gasteiger partial charge >= 0.3 is 0 Å². The van der Waals surface area contributed by atoms with Crippen LogP contribution in [0.5, 0.6) is 0 Å². The molecule has 0 aliphatic rings. The first kappa shape index (κ1) is 10.4.